The predicted molar refractivity (Wildman–Crippen MR) is 147 cm³/mol. The van der Waals surface area contributed by atoms with Gasteiger partial charge < -0.3 is 10.1 Å². The van der Waals surface area contributed by atoms with Crippen LogP contribution in [-0.4, -0.2) is 43.9 Å². The lowest BCUT2D eigenvalue weighted by Crippen LogP contribution is -2.70. The number of β-lactam (4-membered cyclic amide) rings is 1. The van der Waals surface area contributed by atoms with Crippen molar-refractivity contribution in [2.75, 3.05) is 5.75 Å². The fraction of sp³-hybridized carbons (Fsp3) is 0.192. The summed E-state index contributed by atoms with van der Waals surface area (Å²) >= 11 is 8.73. The quantitative estimate of drug-likeness (QED) is 0.190. The van der Waals surface area contributed by atoms with Crippen LogP contribution < -0.4 is 5.32 Å². The minimum atomic E-state index is -0.637. The van der Waals surface area contributed by atoms with Gasteiger partial charge in [0.05, 0.1) is 11.3 Å². The highest BCUT2D eigenvalue weighted by molar-refractivity contribution is 8.00. The summed E-state index contributed by atoms with van der Waals surface area (Å²) in [5.41, 5.74) is 3.05. The van der Waals surface area contributed by atoms with Crippen LogP contribution in [0.15, 0.2) is 77.8 Å². The Morgan fingerprint density at radius 3 is 2.57 bits per heavy atom. The summed E-state index contributed by atoms with van der Waals surface area (Å²) in [6.07, 6.45) is 0.230. The first-order valence-electron chi connectivity index (χ1n) is 11.4. The number of thiophene rings is 1. The molecule has 2 aliphatic rings. The monoisotopic (exact) mass is 551 g/mol. The first-order valence-corrected chi connectivity index (χ1v) is 13.7. The average Bonchev–Trinajstić information content (AvgIpc) is 3.43. The molecule has 2 aromatic carbocycles. The molecule has 1 unspecified atom stereocenters. The molecule has 1 N–H and O–H groups in total. The van der Waals surface area contributed by atoms with E-state index in [9.17, 15) is 19.7 Å². The largest absolute Gasteiger partial charge is 0.477 e. The molecule has 0 saturated carbocycles. The van der Waals surface area contributed by atoms with Gasteiger partial charge in [0.15, 0.2) is 0 Å². The molecule has 0 bridgehead atoms. The molecule has 0 radical (unpaired) electrons. The van der Waals surface area contributed by atoms with E-state index in [0.717, 1.165) is 16.0 Å². The number of nitrogens with one attached hydrogen (secondary N) is 1. The number of nitrogens with zero attached hydrogens (tertiary/aromatic N) is 2. The summed E-state index contributed by atoms with van der Waals surface area (Å²) < 4.78 is 5.92. The number of non-ortho nitro benzene ring substituents is 1. The molecule has 1 saturated heterocycles. The summed E-state index contributed by atoms with van der Waals surface area (Å²) in [6.45, 7) is 0.100. The molecule has 11 heteroatoms. The standard InChI is InChI=1S/C26H21N3O5S3/c30-21(13-19-7-4-12-36-19)27-22-24(31)28-23(20(15-37-25(22)28)17-5-2-1-3-6-17)26(35)34-14-16-8-10-18(11-9-16)29(32)33/h1-12,22,25H,13-15H2,(H,27,30)/t22?,25-/m1/s1. The van der Waals surface area contributed by atoms with Gasteiger partial charge in [-0.3, -0.25) is 24.6 Å². The number of hydrogen-bond donors (Lipinski definition) is 1. The van der Waals surface area contributed by atoms with Gasteiger partial charge >= 0.3 is 0 Å². The van der Waals surface area contributed by atoms with Crippen molar-refractivity contribution >= 4 is 63.4 Å². The van der Waals surface area contributed by atoms with Crippen LogP contribution in [0.4, 0.5) is 5.69 Å². The summed E-state index contributed by atoms with van der Waals surface area (Å²) in [5.74, 6) is 0.158. The van der Waals surface area contributed by atoms with Gasteiger partial charge in [-0.25, -0.2) is 0 Å². The van der Waals surface area contributed by atoms with Crippen LogP contribution in [0, 0.1) is 10.1 Å². The molecule has 2 amide bonds. The smallest absolute Gasteiger partial charge is 0.269 e. The molecule has 37 heavy (non-hydrogen) atoms. The first kappa shape index (κ1) is 25.1. The van der Waals surface area contributed by atoms with Gasteiger partial charge in [0.1, 0.15) is 23.7 Å². The normalized spacial score (nSPS) is 18.6. The molecule has 3 heterocycles. The van der Waals surface area contributed by atoms with Crippen LogP contribution in [0.3, 0.4) is 0 Å². The van der Waals surface area contributed by atoms with Gasteiger partial charge in [-0.05, 0) is 52.5 Å². The highest BCUT2D eigenvalue weighted by Gasteiger charge is 2.53. The lowest BCUT2D eigenvalue weighted by molar-refractivity contribution is -0.384. The van der Waals surface area contributed by atoms with E-state index in [1.54, 1.807) is 28.8 Å². The second-order valence-electron chi connectivity index (χ2n) is 8.40. The van der Waals surface area contributed by atoms with E-state index < -0.39 is 11.0 Å². The molecule has 8 nitrogen and oxygen atoms in total. The van der Waals surface area contributed by atoms with Gasteiger partial charge in [0.25, 0.3) is 11.6 Å². The Labute approximate surface area is 226 Å². The molecule has 3 aromatic rings. The summed E-state index contributed by atoms with van der Waals surface area (Å²) in [5, 5.41) is 15.6. The van der Waals surface area contributed by atoms with Crippen LogP contribution in [0.25, 0.3) is 5.57 Å². The Morgan fingerprint density at radius 2 is 1.89 bits per heavy atom. The zero-order valence-electron chi connectivity index (χ0n) is 19.4. The summed E-state index contributed by atoms with van der Waals surface area (Å²) in [6, 6.07) is 18.9. The zero-order valence-corrected chi connectivity index (χ0v) is 21.8. The van der Waals surface area contributed by atoms with Crippen molar-refractivity contribution < 1.29 is 19.2 Å². The van der Waals surface area contributed by atoms with E-state index in [4.69, 9.17) is 17.0 Å². The Balaban J connectivity index is 1.35. The third-order valence-electron chi connectivity index (χ3n) is 6.03. The minimum absolute atomic E-state index is 0.00844. The van der Waals surface area contributed by atoms with Crippen LogP contribution >= 0.6 is 35.3 Å². The molecule has 1 aromatic heterocycles. The molecule has 5 rings (SSSR count). The van der Waals surface area contributed by atoms with E-state index in [1.807, 2.05) is 47.8 Å². The predicted octanol–water partition coefficient (Wildman–Crippen LogP) is 4.55. The van der Waals surface area contributed by atoms with Crippen molar-refractivity contribution in [1.82, 2.24) is 10.2 Å². The lowest BCUT2D eigenvalue weighted by atomic mass is 9.99. The lowest BCUT2D eigenvalue weighted by Gasteiger charge is -2.50. The van der Waals surface area contributed by atoms with Crippen LogP contribution in [0.5, 0.6) is 0 Å². The minimum Gasteiger partial charge on any atom is -0.477 e. The van der Waals surface area contributed by atoms with Crippen molar-refractivity contribution in [1.29, 1.82) is 0 Å². The van der Waals surface area contributed by atoms with E-state index in [1.165, 1.54) is 23.5 Å². The second-order valence-corrected chi connectivity index (χ2v) is 10.9. The molecular weight excluding hydrogens is 531 g/mol. The summed E-state index contributed by atoms with van der Waals surface area (Å²) in [7, 11) is 0. The molecule has 0 aliphatic carbocycles. The number of fused-ring (bicyclic) bond motifs is 1. The number of thiocarbonyl (C=S) groups is 1. The number of nitro benzene ring substituents is 1. The number of ether oxygens (including phenoxy) is 1. The van der Waals surface area contributed by atoms with Crippen molar-refractivity contribution in [2.45, 2.75) is 24.4 Å². The number of rotatable bonds is 8. The maximum atomic E-state index is 13.3. The molecular formula is C26H21N3O5S3. The van der Waals surface area contributed by atoms with Gasteiger partial charge in [-0.2, -0.15) is 0 Å². The Bertz CT molecular complexity index is 1370. The maximum Gasteiger partial charge on any atom is 0.269 e. The van der Waals surface area contributed by atoms with Crippen LogP contribution in [-0.2, 0) is 27.4 Å². The highest BCUT2D eigenvalue weighted by atomic mass is 32.2. The third kappa shape index (κ3) is 5.29. The Kier molecular flexibility index (Phi) is 7.36. The number of hydrogen-bond acceptors (Lipinski definition) is 8. The molecule has 2 atom stereocenters. The van der Waals surface area contributed by atoms with E-state index >= 15 is 0 Å². The van der Waals surface area contributed by atoms with Gasteiger partial charge in [0, 0.05) is 22.8 Å². The van der Waals surface area contributed by atoms with Crippen LogP contribution in [0.1, 0.15) is 16.0 Å². The fourth-order valence-corrected chi connectivity index (χ4v) is 6.56. The SMILES string of the molecule is O=C(Cc1cccs1)NC1C(=O)N2C(C(=S)OCc3ccc([N+](=O)[O-])cc3)=C(c3ccccc3)CS[C@H]12. The molecule has 2 aliphatic heterocycles. The summed E-state index contributed by atoms with van der Waals surface area (Å²) in [4.78, 5) is 38.9. The third-order valence-corrected chi connectivity index (χ3v) is 8.50. The molecule has 1 fully saturated rings. The number of carbonyl (C=O) groups excluding carboxylic acids is 2. The maximum absolute atomic E-state index is 13.3. The van der Waals surface area contributed by atoms with Crippen LogP contribution in [0.2, 0.25) is 0 Å². The van der Waals surface area contributed by atoms with Gasteiger partial charge in [-0.1, -0.05) is 36.4 Å². The van der Waals surface area contributed by atoms with Gasteiger partial charge in [0.2, 0.25) is 11.0 Å². The van der Waals surface area contributed by atoms with Crippen molar-refractivity contribution in [3.63, 3.8) is 0 Å². The molecule has 188 valence electrons. The van der Waals surface area contributed by atoms with E-state index in [0.29, 0.717) is 17.0 Å². The average molecular weight is 552 g/mol. The van der Waals surface area contributed by atoms with Gasteiger partial charge in [-0.15, -0.1) is 23.1 Å². The number of thioether (sulfide) groups is 1. The fourth-order valence-electron chi connectivity index (χ4n) is 4.20. The number of amides is 2. The highest BCUT2D eigenvalue weighted by Crippen LogP contribution is 2.44. The Morgan fingerprint density at radius 1 is 1.14 bits per heavy atom. The van der Waals surface area contributed by atoms with Crippen molar-refractivity contribution in [2.24, 2.45) is 0 Å². The molecule has 0 spiro atoms. The van der Waals surface area contributed by atoms with E-state index in [-0.39, 0.29) is 41.0 Å². The van der Waals surface area contributed by atoms with Crippen molar-refractivity contribution in [3.05, 3.63) is 104 Å². The number of nitro groups is 1. The number of benzene rings is 2. The van der Waals surface area contributed by atoms with E-state index in [2.05, 4.69) is 5.32 Å². The second kappa shape index (κ2) is 10.8. The van der Waals surface area contributed by atoms with Crippen molar-refractivity contribution in [3.8, 4) is 0 Å². The first-order chi connectivity index (χ1) is 17.9. The Hall–Kier alpha value is -3.54. The topological polar surface area (TPSA) is 102 Å². The number of carbonyl (C=O) groups is 2. The zero-order chi connectivity index (χ0) is 25.9.